The van der Waals surface area contributed by atoms with Crippen molar-refractivity contribution in [2.45, 2.75) is 13.3 Å². The van der Waals surface area contributed by atoms with Crippen LogP contribution in [-0.2, 0) is 9.53 Å². The molecule has 126 valence electrons. The van der Waals surface area contributed by atoms with Crippen LogP contribution in [0.2, 0.25) is 0 Å². The van der Waals surface area contributed by atoms with Crippen LogP contribution < -0.4 is 5.32 Å². The van der Waals surface area contributed by atoms with Crippen LogP contribution in [0.4, 0.5) is 4.79 Å². The number of hydrogen-bond donors (Lipinski definition) is 1. The number of amides is 2. The van der Waals surface area contributed by atoms with Crippen molar-refractivity contribution in [3.63, 3.8) is 0 Å². The van der Waals surface area contributed by atoms with Gasteiger partial charge in [0.2, 0.25) is 5.91 Å². The number of nitrogens with one attached hydrogen (secondary N) is 1. The number of aliphatic imine (C=N–C) groups is 1. The first-order valence-corrected chi connectivity index (χ1v) is 7.57. The SMILES string of the molecule is CCOC(=O)N1CCN(C(=NC)NCCC(=O)N(C)C)CC1. The van der Waals surface area contributed by atoms with Gasteiger partial charge >= 0.3 is 6.09 Å². The van der Waals surface area contributed by atoms with Crippen LogP contribution in [0.1, 0.15) is 13.3 Å². The Morgan fingerprint density at radius 3 is 2.27 bits per heavy atom. The van der Waals surface area contributed by atoms with Crippen molar-refractivity contribution in [1.29, 1.82) is 0 Å². The van der Waals surface area contributed by atoms with Gasteiger partial charge < -0.3 is 24.8 Å². The molecule has 0 atom stereocenters. The summed E-state index contributed by atoms with van der Waals surface area (Å²) in [7, 11) is 5.20. The molecular weight excluding hydrogens is 286 g/mol. The Bertz CT molecular complexity index is 403. The average molecular weight is 313 g/mol. The Morgan fingerprint density at radius 1 is 1.18 bits per heavy atom. The highest BCUT2D eigenvalue weighted by molar-refractivity contribution is 5.81. The minimum Gasteiger partial charge on any atom is -0.450 e. The molecule has 0 aromatic heterocycles. The lowest BCUT2D eigenvalue weighted by Crippen LogP contribution is -2.54. The second-order valence-corrected chi connectivity index (χ2v) is 5.19. The predicted molar refractivity (Wildman–Crippen MR) is 84.8 cm³/mol. The molecule has 0 spiro atoms. The first kappa shape index (κ1) is 18.1. The van der Waals surface area contributed by atoms with Crippen molar-refractivity contribution in [3.05, 3.63) is 0 Å². The highest BCUT2D eigenvalue weighted by Gasteiger charge is 2.23. The molecule has 1 saturated heterocycles. The lowest BCUT2D eigenvalue weighted by Gasteiger charge is -2.35. The highest BCUT2D eigenvalue weighted by Crippen LogP contribution is 2.04. The molecule has 22 heavy (non-hydrogen) atoms. The molecule has 0 bridgehead atoms. The summed E-state index contributed by atoms with van der Waals surface area (Å²) >= 11 is 0. The van der Waals surface area contributed by atoms with E-state index in [-0.39, 0.29) is 12.0 Å². The van der Waals surface area contributed by atoms with Gasteiger partial charge in [0.05, 0.1) is 6.61 Å². The van der Waals surface area contributed by atoms with E-state index < -0.39 is 0 Å². The summed E-state index contributed by atoms with van der Waals surface area (Å²) < 4.78 is 5.00. The topological polar surface area (TPSA) is 77.5 Å². The van der Waals surface area contributed by atoms with E-state index in [1.807, 2.05) is 0 Å². The van der Waals surface area contributed by atoms with Gasteiger partial charge in [0.15, 0.2) is 5.96 Å². The Morgan fingerprint density at radius 2 is 1.77 bits per heavy atom. The molecule has 2 amide bonds. The minimum absolute atomic E-state index is 0.0788. The number of carbonyl (C=O) groups excluding carboxylic acids is 2. The van der Waals surface area contributed by atoms with Crippen LogP contribution in [0.5, 0.6) is 0 Å². The van der Waals surface area contributed by atoms with Gasteiger partial charge in [-0.2, -0.15) is 0 Å². The van der Waals surface area contributed by atoms with Crippen LogP contribution in [0.25, 0.3) is 0 Å². The smallest absolute Gasteiger partial charge is 0.409 e. The molecule has 1 aliphatic rings. The van der Waals surface area contributed by atoms with Crippen molar-refractivity contribution in [2.75, 3.05) is 60.5 Å². The third-order valence-corrected chi connectivity index (χ3v) is 3.44. The quantitative estimate of drug-likeness (QED) is 0.575. The standard InChI is InChI=1S/C14H27N5O3/c1-5-22-14(21)19-10-8-18(9-11-19)13(15-2)16-7-6-12(20)17(3)4/h5-11H2,1-4H3,(H,15,16). The molecule has 8 nitrogen and oxygen atoms in total. The number of rotatable bonds is 4. The van der Waals surface area contributed by atoms with Crippen LogP contribution in [0, 0.1) is 0 Å². The van der Waals surface area contributed by atoms with Crippen molar-refractivity contribution >= 4 is 18.0 Å². The van der Waals surface area contributed by atoms with E-state index >= 15 is 0 Å². The molecule has 0 radical (unpaired) electrons. The van der Waals surface area contributed by atoms with E-state index in [4.69, 9.17) is 4.74 Å². The molecule has 1 heterocycles. The number of ether oxygens (including phenoxy) is 1. The van der Waals surface area contributed by atoms with Gasteiger partial charge in [0.1, 0.15) is 0 Å². The van der Waals surface area contributed by atoms with Crippen LogP contribution >= 0.6 is 0 Å². The number of hydrogen-bond acceptors (Lipinski definition) is 4. The third kappa shape index (κ3) is 5.42. The fourth-order valence-electron chi connectivity index (χ4n) is 2.15. The number of nitrogens with zero attached hydrogens (tertiary/aromatic N) is 4. The molecule has 1 N–H and O–H groups in total. The van der Waals surface area contributed by atoms with E-state index in [1.54, 1.807) is 37.9 Å². The van der Waals surface area contributed by atoms with E-state index in [0.29, 0.717) is 45.8 Å². The van der Waals surface area contributed by atoms with Gasteiger partial charge in [-0.3, -0.25) is 9.79 Å². The molecule has 8 heteroatoms. The number of guanidine groups is 1. The Kier molecular flexibility index (Phi) is 7.48. The summed E-state index contributed by atoms with van der Waals surface area (Å²) in [4.78, 5) is 32.8. The zero-order valence-electron chi connectivity index (χ0n) is 14.0. The molecule has 1 fully saturated rings. The lowest BCUT2D eigenvalue weighted by molar-refractivity contribution is -0.128. The third-order valence-electron chi connectivity index (χ3n) is 3.44. The maximum atomic E-state index is 11.7. The summed E-state index contributed by atoms with van der Waals surface area (Å²) in [6, 6.07) is 0. The summed E-state index contributed by atoms with van der Waals surface area (Å²) in [6.45, 7) is 5.34. The van der Waals surface area contributed by atoms with Gasteiger partial charge in [-0.15, -0.1) is 0 Å². The molecule has 0 aromatic rings. The molecule has 0 aliphatic carbocycles. The molecule has 1 aliphatic heterocycles. The zero-order valence-corrected chi connectivity index (χ0v) is 14.0. The van der Waals surface area contributed by atoms with Crippen LogP contribution in [0.3, 0.4) is 0 Å². The number of carbonyl (C=O) groups is 2. The molecule has 0 aromatic carbocycles. The second kappa shape index (κ2) is 9.11. The first-order chi connectivity index (χ1) is 10.5. The summed E-state index contributed by atoms with van der Waals surface area (Å²) in [6.07, 6.45) is 0.163. The lowest BCUT2D eigenvalue weighted by atomic mass is 10.3. The molecule has 1 rings (SSSR count). The molecule has 0 saturated carbocycles. The minimum atomic E-state index is -0.262. The van der Waals surface area contributed by atoms with E-state index in [9.17, 15) is 9.59 Å². The van der Waals surface area contributed by atoms with Crippen LogP contribution in [0.15, 0.2) is 4.99 Å². The van der Waals surface area contributed by atoms with Gasteiger partial charge in [-0.1, -0.05) is 0 Å². The molecule has 0 unspecified atom stereocenters. The normalized spacial score (nSPS) is 15.5. The maximum Gasteiger partial charge on any atom is 0.409 e. The van der Waals surface area contributed by atoms with E-state index in [0.717, 1.165) is 5.96 Å². The van der Waals surface area contributed by atoms with E-state index in [2.05, 4.69) is 15.2 Å². The molecular formula is C14H27N5O3. The summed E-state index contributed by atoms with van der Waals surface area (Å²) in [5.74, 6) is 0.838. The van der Waals surface area contributed by atoms with Crippen molar-refractivity contribution in [2.24, 2.45) is 4.99 Å². The Hall–Kier alpha value is -1.99. The largest absolute Gasteiger partial charge is 0.450 e. The highest BCUT2D eigenvalue weighted by atomic mass is 16.6. The van der Waals surface area contributed by atoms with Gasteiger partial charge in [-0.05, 0) is 6.92 Å². The van der Waals surface area contributed by atoms with Crippen LogP contribution in [-0.4, -0.2) is 93.1 Å². The first-order valence-electron chi connectivity index (χ1n) is 7.57. The van der Waals surface area contributed by atoms with Crippen molar-refractivity contribution in [1.82, 2.24) is 20.0 Å². The van der Waals surface area contributed by atoms with Gasteiger partial charge in [-0.25, -0.2) is 4.79 Å². The van der Waals surface area contributed by atoms with Crippen molar-refractivity contribution in [3.8, 4) is 0 Å². The zero-order chi connectivity index (χ0) is 16.5. The summed E-state index contributed by atoms with van der Waals surface area (Å²) in [5.41, 5.74) is 0. The number of piperazine rings is 1. The van der Waals surface area contributed by atoms with E-state index in [1.165, 1.54) is 0 Å². The fourth-order valence-corrected chi connectivity index (χ4v) is 2.15. The summed E-state index contributed by atoms with van der Waals surface area (Å²) in [5, 5.41) is 3.19. The average Bonchev–Trinajstić information content (AvgIpc) is 2.51. The predicted octanol–water partition coefficient (Wildman–Crippen LogP) is -0.186. The van der Waals surface area contributed by atoms with Crippen molar-refractivity contribution < 1.29 is 14.3 Å². The van der Waals surface area contributed by atoms with Gasteiger partial charge in [0, 0.05) is 60.3 Å². The fraction of sp³-hybridized carbons (Fsp3) is 0.786. The Labute approximate surface area is 132 Å². The maximum absolute atomic E-state index is 11.7. The Balaban J connectivity index is 2.37. The second-order valence-electron chi connectivity index (χ2n) is 5.19. The van der Waals surface area contributed by atoms with Gasteiger partial charge in [0.25, 0.3) is 0 Å². The monoisotopic (exact) mass is 313 g/mol.